The average molecular weight is 326 g/mol. The molecule has 2 rings (SSSR count). The first-order chi connectivity index (χ1) is 11.1. The van der Waals surface area contributed by atoms with E-state index in [2.05, 4.69) is 0 Å². The Labute approximate surface area is 142 Å². The second kappa shape index (κ2) is 8.02. The fourth-order valence-corrected chi connectivity index (χ4v) is 2.85. The van der Waals surface area contributed by atoms with E-state index in [1.54, 1.807) is 17.8 Å². The van der Waals surface area contributed by atoms with Crippen LogP contribution in [-0.2, 0) is 12.8 Å². The highest BCUT2D eigenvalue weighted by Crippen LogP contribution is 2.26. The molecule has 120 valence electrons. The lowest BCUT2D eigenvalue weighted by atomic mass is 10.00. The Morgan fingerprint density at radius 3 is 2.13 bits per heavy atom. The molecule has 23 heavy (non-hydrogen) atoms. The molecule has 2 nitrogen and oxygen atoms in total. The summed E-state index contributed by atoms with van der Waals surface area (Å²) in [5.41, 5.74) is 3.47. The Morgan fingerprint density at radius 1 is 1.09 bits per heavy atom. The summed E-state index contributed by atoms with van der Waals surface area (Å²) in [6, 6.07) is 11.5. The molecule has 0 aliphatic rings. The molecule has 0 spiro atoms. The van der Waals surface area contributed by atoms with Crippen molar-refractivity contribution >= 4 is 23.6 Å². The number of allylic oxidation sites excluding steroid dienone is 1. The second-order valence-corrected chi connectivity index (χ2v) is 6.20. The fourth-order valence-electron chi connectivity index (χ4n) is 2.45. The average Bonchev–Trinajstić information content (AvgIpc) is 2.60. The Balaban J connectivity index is 2.23. The first-order valence-electron chi connectivity index (χ1n) is 7.80. The molecule has 0 saturated heterocycles. The zero-order chi connectivity index (χ0) is 16.8. The second-order valence-electron chi connectivity index (χ2n) is 5.32. The van der Waals surface area contributed by atoms with Crippen LogP contribution in [-0.4, -0.2) is 17.1 Å². The van der Waals surface area contributed by atoms with E-state index < -0.39 is 0 Å². The van der Waals surface area contributed by atoms with Gasteiger partial charge in [0.2, 0.25) is 0 Å². The third-order valence-electron chi connectivity index (χ3n) is 3.85. The highest BCUT2D eigenvalue weighted by atomic mass is 32.2. The Kier molecular flexibility index (Phi) is 6.05. The van der Waals surface area contributed by atoms with Crippen molar-refractivity contribution in [1.29, 1.82) is 0 Å². The highest BCUT2D eigenvalue weighted by Gasteiger charge is 2.07. The first-order valence-corrected chi connectivity index (χ1v) is 9.02. The van der Waals surface area contributed by atoms with E-state index in [-0.39, 0.29) is 5.78 Å². The normalized spacial score (nSPS) is 11.1. The number of aryl methyl sites for hydroxylation is 2. The number of carbonyl (C=O) groups is 1. The van der Waals surface area contributed by atoms with E-state index in [9.17, 15) is 9.90 Å². The molecule has 1 N–H and O–H groups in total. The molecule has 0 aliphatic carbocycles. The van der Waals surface area contributed by atoms with Crippen LogP contribution in [0.3, 0.4) is 0 Å². The smallest absolute Gasteiger partial charge is 0.185 e. The number of carbonyl (C=O) groups excluding carboxylic acids is 1. The van der Waals surface area contributed by atoms with Gasteiger partial charge in [-0.1, -0.05) is 19.9 Å². The van der Waals surface area contributed by atoms with Gasteiger partial charge in [0.15, 0.2) is 5.78 Å². The van der Waals surface area contributed by atoms with Crippen LogP contribution in [0.5, 0.6) is 5.75 Å². The summed E-state index contributed by atoms with van der Waals surface area (Å²) in [7, 11) is 0. The van der Waals surface area contributed by atoms with Crippen LogP contribution in [0.2, 0.25) is 0 Å². The molecular weight excluding hydrogens is 304 g/mol. The van der Waals surface area contributed by atoms with Crippen molar-refractivity contribution in [3.05, 3.63) is 64.7 Å². The lowest BCUT2D eigenvalue weighted by Gasteiger charge is -2.09. The van der Waals surface area contributed by atoms with Crippen molar-refractivity contribution in [3.8, 4) is 5.75 Å². The van der Waals surface area contributed by atoms with E-state index in [1.165, 1.54) is 0 Å². The summed E-state index contributed by atoms with van der Waals surface area (Å²) >= 11 is 1.66. The molecule has 0 radical (unpaired) electrons. The Morgan fingerprint density at radius 2 is 1.65 bits per heavy atom. The minimum atomic E-state index is -0.0122. The Hall–Kier alpha value is -2.00. The summed E-state index contributed by atoms with van der Waals surface area (Å²) < 4.78 is 0. The molecule has 0 bridgehead atoms. The predicted octanol–water partition coefficient (Wildman–Crippen LogP) is 5.14. The molecule has 2 aromatic carbocycles. The van der Waals surface area contributed by atoms with E-state index >= 15 is 0 Å². The molecule has 0 amide bonds. The summed E-state index contributed by atoms with van der Waals surface area (Å²) in [5.74, 6) is 0.368. The van der Waals surface area contributed by atoms with Gasteiger partial charge in [0, 0.05) is 10.5 Å². The topological polar surface area (TPSA) is 37.3 Å². The highest BCUT2D eigenvalue weighted by molar-refractivity contribution is 7.98. The van der Waals surface area contributed by atoms with Crippen molar-refractivity contribution in [2.45, 2.75) is 31.6 Å². The number of ketones is 1. The molecule has 0 aromatic heterocycles. The molecule has 3 heteroatoms. The van der Waals surface area contributed by atoms with Crippen LogP contribution >= 0.6 is 11.8 Å². The van der Waals surface area contributed by atoms with Crippen molar-refractivity contribution in [1.82, 2.24) is 0 Å². The third kappa shape index (κ3) is 4.26. The molecule has 0 heterocycles. The lowest BCUT2D eigenvalue weighted by molar-refractivity contribution is 0.104. The summed E-state index contributed by atoms with van der Waals surface area (Å²) in [5, 5.41) is 10.1. The maximum Gasteiger partial charge on any atom is 0.185 e. The van der Waals surface area contributed by atoms with Gasteiger partial charge in [-0.15, -0.1) is 11.8 Å². The van der Waals surface area contributed by atoms with Crippen molar-refractivity contribution in [3.63, 3.8) is 0 Å². The fraction of sp³-hybridized carbons (Fsp3) is 0.250. The van der Waals surface area contributed by atoms with Gasteiger partial charge < -0.3 is 5.11 Å². The maximum absolute atomic E-state index is 12.3. The van der Waals surface area contributed by atoms with Crippen LogP contribution in [0.25, 0.3) is 6.08 Å². The third-order valence-corrected chi connectivity index (χ3v) is 4.60. The van der Waals surface area contributed by atoms with Crippen LogP contribution in [0, 0.1) is 0 Å². The standard InChI is InChI=1S/C20H22O2S/c1-4-15-12-14(13-16(5-2)20(15)22)6-11-19(21)17-7-9-18(23-3)10-8-17/h6-13,22H,4-5H2,1-3H3. The minimum Gasteiger partial charge on any atom is -0.507 e. The molecular formula is C20H22O2S. The molecule has 0 unspecified atom stereocenters. The van der Waals surface area contributed by atoms with Gasteiger partial charge in [-0.05, 0) is 78.3 Å². The lowest BCUT2D eigenvalue weighted by Crippen LogP contribution is -1.94. The number of aromatic hydroxyl groups is 1. The number of thioether (sulfide) groups is 1. The Bertz CT molecular complexity index is 690. The largest absolute Gasteiger partial charge is 0.507 e. The monoisotopic (exact) mass is 326 g/mol. The molecule has 0 fully saturated rings. The number of rotatable bonds is 6. The van der Waals surface area contributed by atoms with E-state index in [0.29, 0.717) is 11.3 Å². The van der Waals surface area contributed by atoms with Crippen LogP contribution in [0.4, 0.5) is 0 Å². The van der Waals surface area contributed by atoms with E-state index in [0.717, 1.165) is 34.4 Å². The van der Waals surface area contributed by atoms with Gasteiger partial charge in [-0.3, -0.25) is 4.79 Å². The number of hydrogen-bond acceptors (Lipinski definition) is 3. The number of phenolic OH excluding ortho intramolecular Hbond substituents is 1. The van der Waals surface area contributed by atoms with Crippen LogP contribution < -0.4 is 0 Å². The molecule has 2 aromatic rings. The molecule has 0 aliphatic heterocycles. The maximum atomic E-state index is 12.3. The zero-order valence-corrected chi connectivity index (χ0v) is 14.6. The SMILES string of the molecule is CCc1cc(C=CC(=O)c2ccc(SC)cc2)cc(CC)c1O. The summed E-state index contributed by atoms with van der Waals surface area (Å²) in [6.45, 7) is 4.03. The molecule has 0 saturated carbocycles. The number of hydrogen-bond donors (Lipinski definition) is 1. The first kappa shape index (κ1) is 17.4. The number of phenols is 1. The van der Waals surface area contributed by atoms with E-state index in [1.807, 2.05) is 62.6 Å². The van der Waals surface area contributed by atoms with Crippen LogP contribution in [0.1, 0.15) is 40.9 Å². The van der Waals surface area contributed by atoms with Gasteiger partial charge in [0.25, 0.3) is 0 Å². The minimum absolute atomic E-state index is 0.0122. The van der Waals surface area contributed by atoms with Crippen molar-refractivity contribution in [2.24, 2.45) is 0 Å². The van der Waals surface area contributed by atoms with Gasteiger partial charge >= 0.3 is 0 Å². The van der Waals surface area contributed by atoms with E-state index in [4.69, 9.17) is 0 Å². The van der Waals surface area contributed by atoms with Gasteiger partial charge in [0.05, 0.1) is 0 Å². The van der Waals surface area contributed by atoms with Crippen molar-refractivity contribution < 1.29 is 9.90 Å². The van der Waals surface area contributed by atoms with Gasteiger partial charge in [-0.2, -0.15) is 0 Å². The predicted molar refractivity (Wildman–Crippen MR) is 98.5 cm³/mol. The molecule has 0 atom stereocenters. The van der Waals surface area contributed by atoms with Gasteiger partial charge in [-0.25, -0.2) is 0 Å². The van der Waals surface area contributed by atoms with Crippen LogP contribution in [0.15, 0.2) is 47.4 Å². The zero-order valence-electron chi connectivity index (χ0n) is 13.8. The number of benzene rings is 2. The summed E-state index contributed by atoms with van der Waals surface area (Å²) in [4.78, 5) is 13.4. The van der Waals surface area contributed by atoms with Gasteiger partial charge in [0.1, 0.15) is 5.75 Å². The quantitative estimate of drug-likeness (QED) is 0.454. The van der Waals surface area contributed by atoms with Crippen molar-refractivity contribution in [2.75, 3.05) is 6.26 Å². The summed E-state index contributed by atoms with van der Waals surface area (Å²) in [6.07, 6.45) is 6.97.